The van der Waals surface area contributed by atoms with Crippen molar-refractivity contribution < 1.29 is 4.74 Å². The van der Waals surface area contributed by atoms with Crippen molar-refractivity contribution in [2.45, 2.75) is 36.2 Å². The Balaban J connectivity index is 1.47. The van der Waals surface area contributed by atoms with Gasteiger partial charge in [0.1, 0.15) is 16.6 Å². The van der Waals surface area contributed by atoms with E-state index in [1.54, 1.807) is 30.2 Å². The fourth-order valence-corrected chi connectivity index (χ4v) is 4.52. The second-order valence-corrected chi connectivity index (χ2v) is 7.98. The molecular weight excluding hydrogens is 364 g/mol. The van der Waals surface area contributed by atoms with Crippen molar-refractivity contribution in [3.05, 3.63) is 53.8 Å². The van der Waals surface area contributed by atoms with Crippen molar-refractivity contribution in [2.75, 3.05) is 7.11 Å². The molecule has 0 bridgehead atoms. The summed E-state index contributed by atoms with van der Waals surface area (Å²) in [6, 6.07) is 8.00. The number of aromatic nitrogens is 4. The van der Waals surface area contributed by atoms with Gasteiger partial charge in [0.15, 0.2) is 5.16 Å². The van der Waals surface area contributed by atoms with Gasteiger partial charge in [0, 0.05) is 29.2 Å². The number of thioether (sulfide) groups is 1. The smallest absolute Gasteiger partial charge is 0.191 e. The molecule has 2 heterocycles. The minimum absolute atomic E-state index is 0.579. The van der Waals surface area contributed by atoms with Gasteiger partial charge in [0.05, 0.1) is 12.8 Å². The van der Waals surface area contributed by atoms with Crippen molar-refractivity contribution >= 4 is 23.1 Å². The van der Waals surface area contributed by atoms with Gasteiger partial charge >= 0.3 is 0 Å². The highest BCUT2D eigenvalue weighted by molar-refractivity contribution is 7.98. The normalized spacial score (nSPS) is 13.7. The van der Waals surface area contributed by atoms with Crippen LogP contribution in [-0.4, -0.2) is 26.9 Å². The summed E-state index contributed by atoms with van der Waals surface area (Å²) in [4.78, 5) is 4.77. The number of methoxy groups -OCH3 is 1. The van der Waals surface area contributed by atoms with Crippen molar-refractivity contribution in [1.82, 2.24) is 19.7 Å². The molecule has 0 unspecified atom stereocenters. The summed E-state index contributed by atoms with van der Waals surface area (Å²) in [6.45, 7) is 4.62. The van der Waals surface area contributed by atoms with Gasteiger partial charge < -0.3 is 9.30 Å². The van der Waals surface area contributed by atoms with Gasteiger partial charge in [0.2, 0.25) is 0 Å². The number of benzene rings is 1. The molecule has 4 rings (SSSR count). The van der Waals surface area contributed by atoms with Crippen LogP contribution in [0.15, 0.2) is 47.5 Å². The van der Waals surface area contributed by atoms with Crippen LogP contribution in [-0.2, 0) is 12.3 Å². The molecule has 1 saturated carbocycles. The van der Waals surface area contributed by atoms with E-state index in [4.69, 9.17) is 9.72 Å². The van der Waals surface area contributed by atoms with Crippen LogP contribution in [0.3, 0.4) is 0 Å². The first-order valence-corrected chi connectivity index (χ1v) is 10.4. The van der Waals surface area contributed by atoms with Gasteiger partial charge in [-0.3, -0.25) is 0 Å². The molecule has 0 spiro atoms. The Kier molecular flexibility index (Phi) is 5.08. The van der Waals surface area contributed by atoms with Crippen molar-refractivity contribution in [1.29, 1.82) is 0 Å². The number of ether oxygens (including phenoxy) is 1. The average Bonchev–Trinajstić information content (AvgIpc) is 3.27. The van der Waals surface area contributed by atoms with Gasteiger partial charge in [-0.05, 0) is 25.0 Å². The predicted molar refractivity (Wildman–Crippen MR) is 106 cm³/mol. The summed E-state index contributed by atoms with van der Waals surface area (Å²) in [5, 5.41) is 12.8. The molecule has 0 radical (unpaired) electrons. The zero-order chi connectivity index (χ0) is 17.9. The van der Waals surface area contributed by atoms with E-state index in [0.717, 1.165) is 45.3 Å². The predicted octanol–water partition coefficient (Wildman–Crippen LogP) is 4.77. The van der Waals surface area contributed by atoms with Crippen LogP contribution in [0.25, 0.3) is 10.6 Å². The van der Waals surface area contributed by atoms with Gasteiger partial charge in [0.25, 0.3) is 0 Å². The zero-order valence-electron chi connectivity index (χ0n) is 14.6. The molecule has 1 aliphatic rings. The van der Waals surface area contributed by atoms with Crippen LogP contribution in [0.5, 0.6) is 5.75 Å². The molecule has 7 heteroatoms. The van der Waals surface area contributed by atoms with E-state index in [-0.39, 0.29) is 0 Å². The molecule has 0 amide bonds. The molecule has 3 aromatic rings. The van der Waals surface area contributed by atoms with E-state index < -0.39 is 0 Å². The fraction of sp³-hybridized carbons (Fsp3) is 0.316. The molecule has 0 N–H and O–H groups in total. The molecule has 1 fully saturated rings. The van der Waals surface area contributed by atoms with E-state index in [1.807, 2.05) is 24.3 Å². The largest absolute Gasteiger partial charge is 0.497 e. The maximum Gasteiger partial charge on any atom is 0.191 e. The number of thiazole rings is 1. The maximum atomic E-state index is 5.30. The third-order valence-electron chi connectivity index (χ3n) is 4.22. The van der Waals surface area contributed by atoms with E-state index in [0.29, 0.717) is 5.92 Å². The van der Waals surface area contributed by atoms with Crippen LogP contribution in [0, 0.1) is 0 Å². The Morgan fingerprint density at radius 2 is 2.27 bits per heavy atom. The molecule has 0 aliphatic heterocycles. The molecule has 0 atom stereocenters. The molecule has 1 aliphatic carbocycles. The summed E-state index contributed by atoms with van der Waals surface area (Å²) < 4.78 is 7.48. The van der Waals surface area contributed by atoms with Crippen molar-refractivity contribution in [2.24, 2.45) is 0 Å². The monoisotopic (exact) mass is 384 g/mol. The lowest BCUT2D eigenvalue weighted by atomic mass is 10.2. The van der Waals surface area contributed by atoms with Crippen LogP contribution < -0.4 is 4.74 Å². The lowest BCUT2D eigenvalue weighted by Gasteiger charge is -2.06. The van der Waals surface area contributed by atoms with E-state index >= 15 is 0 Å². The van der Waals surface area contributed by atoms with E-state index in [1.165, 1.54) is 12.8 Å². The van der Waals surface area contributed by atoms with Crippen LogP contribution in [0.2, 0.25) is 0 Å². The molecule has 1 aromatic carbocycles. The topological polar surface area (TPSA) is 52.8 Å². The minimum atomic E-state index is 0.579. The van der Waals surface area contributed by atoms with Crippen molar-refractivity contribution in [3.63, 3.8) is 0 Å². The summed E-state index contributed by atoms with van der Waals surface area (Å²) in [5.74, 6) is 3.30. The Morgan fingerprint density at radius 3 is 3.04 bits per heavy atom. The molecule has 0 saturated heterocycles. The quantitative estimate of drug-likeness (QED) is 0.414. The number of allylic oxidation sites excluding steroid dienone is 1. The molecule has 26 heavy (non-hydrogen) atoms. The second kappa shape index (κ2) is 7.63. The molecule has 134 valence electrons. The van der Waals surface area contributed by atoms with Crippen molar-refractivity contribution in [3.8, 4) is 16.3 Å². The van der Waals surface area contributed by atoms with Crippen LogP contribution in [0.4, 0.5) is 0 Å². The second-order valence-electron chi connectivity index (χ2n) is 6.18. The summed E-state index contributed by atoms with van der Waals surface area (Å²) >= 11 is 3.34. The molecular formula is C19H20N4OS2. The number of rotatable bonds is 8. The summed E-state index contributed by atoms with van der Waals surface area (Å²) in [7, 11) is 1.68. The average molecular weight is 385 g/mol. The van der Waals surface area contributed by atoms with E-state index in [2.05, 4.69) is 32.8 Å². The third-order valence-corrected chi connectivity index (χ3v) is 6.16. The van der Waals surface area contributed by atoms with Gasteiger partial charge in [-0.15, -0.1) is 28.1 Å². The van der Waals surface area contributed by atoms with Gasteiger partial charge in [-0.25, -0.2) is 4.98 Å². The first kappa shape index (κ1) is 17.3. The number of nitrogens with zero attached hydrogens (tertiary/aromatic N) is 4. The lowest BCUT2D eigenvalue weighted by molar-refractivity contribution is 0.415. The van der Waals surface area contributed by atoms with Crippen LogP contribution >= 0.6 is 23.1 Å². The van der Waals surface area contributed by atoms with Gasteiger partial charge in [-0.1, -0.05) is 30.0 Å². The first-order valence-electron chi connectivity index (χ1n) is 8.54. The Labute approximate surface area is 161 Å². The Bertz CT molecular complexity index is 914. The van der Waals surface area contributed by atoms with Gasteiger partial charge in [-0.2, -0.15) is 0 Å². The fourth-order valence-electron chi connectivity index (χ4n) is 2.75. The summed E-state index contributed by atoms with van der Waals surface area (Å²) in [6.07, 6.45) is 4.34. The first-order chi connectivity index (χ1) is 12.8. The molecule has 5 nitrogen and oxygen atoms in total. The highest BCUT2D eigenvalue weighted by Gasteiger charge is 2.30. The minimum Gasteiger partial charge on any atom is -0.497 e. The Morgan fingerprint density at radius 1 is 1.38 bits per heavy atom. The Hall–Kier alpha value is -2.12. The zero-order valence-corrected chi connectivity index (χ0v) is 16.2. The van der Waals surface area contributed by atoms with Crippen LogP contribution in [0.1, 0.15) is 30.3 Å². The number of hydrogen-bond donors (Lipinski definition) is 0. The van der Waals surface area contributed by atoms with E-state index in [9.17, 15) is 0 Å². The lowest BCUT2D eigenvalue weighted by Crippen LogP contribution is -2.02. The standard InChI is InChI=1S/C19H20N4OS2/c1-3-9-23-17(13-7-8-13)21-22-19(23)26-12-15-11-25-18(20-15)14-5-4-6-16(10-14)24-2/h3-6,10-11,13H,1,7-9,12H2,2H3. The molecule has 2 aromatic heterocycles. The third kappa shape index (κ3) is 3.68. The SMILES string of the molecule is C=CCn1c(SCc2csc(-c3cccc(OC)c3)n2)nnc1C1CC1. The number of hydrogen-bond acceptors (Lipinski definition) is 6. The summed E-state index contributed by atoms with van der Waals surface area (Å²) in [5.41, 5.74) is 2.13. The highest BCUT2D eigenvalue weighted by atomic mass is 32.2. The highest BCUT2D eigenvalue weighted by Crippen LogP contribution is 2.40. The maximum absolute atomic E-state index is 5.30.